The van der Waals surface area contributed by atoms with Crippen molar-refractivity contribution in [2.75, 3.05) is 13.2 Å². The Bertz CT molecular complexity index is 837. The largest absolute Gasteiger partial charge is 0.370 e. The molecule has 26 heavy (non-hydrogen) atoms. The number of nitrogens with two attached hydrogens (primary N) is 1. The first-order valence-electron chi connectivity index (χ1n) is 8.43. The van der Waals surface area contributed by atoms with Gasteiger partial charge < -0.3 is 19.8 Å². The van der Waals surface area contributed by atoms with Crippen LogP contribution in [-0.4, -0.2) is 41.6 Å². The van der Waals surface area contributed by atoms with E-state index in [-0.39, 0.29) is 24.7 Å². The Morgan fingerprint density at radius 1 is 1.35 bits per heavy atom. The van der Waals surface area contributed by atoms with Crippen LogP contribution in [0.1, 0.15) is 25.3 Å². The van der Waals surface area contributed by atoms with Crippen LogP contribution in [0.3, 0.4) is 0 Å². The number of hydrazone groups is 1. The number of hydrogen-bond donors (Lipinski definition) is 2. The monoisotopic (exact) mass is 358 g/mol. The van der Waals surface area contributed by atoms with E-state index < -0.39 is 5.79 Å². The molecule has 138 valence electrons. The van der Waals surface area contributed by atoms with Crippen molar-refractivity contribution in [3.8, 4) is 0 Å². The van der Waals surface area contributed by atoms with Gasteiger partial charge in [-0.05, 0) is 13.0 Å². The molecule has 1 fully saturated rings. The van der Waals surface area contributed by atoms with E-state index in [1.165, 1.54) is 0 Å². The fraction of sp³-hybridized carbons (Fsp3) is 0.389. The van der Waals surface area contributed by atoms with Gasteiger partial charge in [-0.15, -0.1) is 0 Å². The van der Waals surface area contributed by atoms with Gasteiger partial charge in [0.2, 0.25) is 11.8 Å². The Labute approximate surface area is 150 Å². The lowest BCUT2D eigenvalue weighted by Crippen LogP contribution is -2.33. The quantitative estimate of drug-likeness (QED) is 0.571. The third-order valence-electron chi connectivity index (χ3n) is 4.19. The van der Waals surface area contributed by atoms with Crippen molar-refractivity contribution < 1.29 is 19.1 Å². The molecular weight excluding hydrogens is 336 g/mol. The molecule has 3 N–H and O–H groups in total. The van der Waals surface area contributed by atoms with Crippen molar-refractivity contribution in [2.45, 2.75) is 32.1 Å². The Morgan fingerprint density at radius 2 is 2.08 bits per heavy atom. The summed E-state index contributed by atoms with van der Waals surface area (Å²) >= 11 is 0. The van der Waals surface area contributed by atoms with E-state index in [4.69, 9.17) is 15.2 Å². The molecular formula is C18H22N4O4. The maximum absolute atomic E-state index is 12.0. The number of ether oxygens (including phenoxy) is 2. The molecule has 1 aliphatic rings. The summed E-state index contributed by atoms with van der Waals surface area (Å²) in [6.45, 7) is 3.19. The molecule has 0 bridgehead atoms. The molecule has 1 aromatic carbocycles. The van der Waals surface area contributed by atoms with Crippen LogP contribution < -0.4 is 11.2 Å². The lowest BCUT2D eigenvalue weighted by Gasteiger charge is -2.20. The van der Waals surface area contributed by atoms with E-state index in [1.807, 2.05) is 35.0 Å². The molecule has 1 aromatic heterocycles. The van der Waals surface area contributed by atoms with Gasteiger partial charge in [-0.25, -0.2) is 5.43 Å². The molecule has 0 saturated carbocycles. The SMILES string of the molecule is CC1(CC(=O)N/N=C\c2cn(CCC(N)=O)c3ccccc23)OCCO1. The lowest BCUT2D eigenvalue weighted by atomic mass is 10.2. The number of aromatic nitrogens is 1. The van der Waals surface area contributed by atoms with Gasteiger partial charge in [-0.1, -0.05) is 18.2 Å². The van der Waals surface area contributed by atoms with E-state index in [2.05, 4.69) is 10.5 Å². The Hall–Kier alpha value is -2.71. The van der Waals surface area contributed by atoms with Crippen LogP contribution >= 0.6 is 0 Å². The molecule has 0 unspecified atom stereocenters. The maximum Gasteiger partial charge on any atom is 0.245 e. The lowest BCUT2D eigenvalue weighted by molar-refractivity contribution is -0.159. The van der Waals surface area contributed by atoms with E-state index in [1.54, 1.807) is 13.1 Å². The number of para-hydroxylation sites is 1. The molecule has 3 rings (SSSR count). The highest BCUT2D eigenvalue weighted by molar-refractivity contribution is 5.99. The van der Waals surface area contributed by atoms with Gasteiger partial charge in [0, 0.05) is 35.6 Å². The minimum absolute atomic E-state index is 0.0741. The normalized spacial score (nSPS) is 16.3. The van der Waals surface area contributed by atoms with Crippen molar-refractivity contribution in [3.63, 3.8) is 0 Å². The number of hydrogen-bond acceptors (Lipinski definition) is 5. The summed E-state index contributed by atoms with van der Waals surface area (Å²) in [5.41, 5.74) is 9.54. The number of primary amides is 1. The summed E-state index contributed by atoms with van der Waals surface area (Å²) < 4.78 is 12.8. The molecule has 8 heteroatoms. The molecule has 2 heterocycles. The zero-order valence-electron chi connectivity index (χ0n) is 14.6. The van der Waals surface area contributed by atoms with Gasteiger partial charge in [0.05, 0.1) is 25.8 Å². The second-order valence-electron chi connectivity index (χ2n) is 6.31. The van der Waals surface area contributed by atoms with Crippen molar-refractivity contribution >= 4 is 28.9 Å². The highest BCUT2D eigenvalue weighted by Crippen LogP contribution is 2.22. The fourth-order valence-corrected chi connectivity index (χ4v) is 2.96. The smallest absolute Gasteiger partial charge is 0.245 e. The van der Waals surface area contributed by atoms with Crippen LogP contribution in [0.4, 0.5) is 0 Å². The second-order valence-corrected chi connectivity index (χ2v) is 6.31. The number of nitrogens with one attached hydrogen (secondary N) is 1. The predicted molar refractivity (Wildman–Crippen MR) is 96.4 cm³/mol. The predicted octanol–water partition coefficient (Wildman–Crippen LogP) is 1.12. The Kier molecular flexibility index (Phi) is 5.34. The zero-order valence-corrected chi connectivity index (χ0v) is 14.6. The number of benzene rings is 1. The number of carbonyl (C=O) groups is 2. The first-order valence-corrected chi connectivity index (χ1v) is 8.43. The maximum atomic E-state index is 12.0. The molecule has 1 saturated heterocycles. The van der Waals surface area contributed by atoms with Gasteiger partial charge in [-0.2, -0.15) is 5.10 Å². The van der Waals surface area contributed by atoms with Crippen LogP contribution in [0.15, 0.2) is 35.6 Å². The van der Waals surface area contributed by atoms with Gasteiger partial charge >= 0.3 is 0 Å². The minimum atomic E-state index is -0.885. The standard InChI is InChI=1S/C18H22N4O4/c1-18(25-8-9-26-18)10-17(24)21-20-11-13-12-22(7-6-16(19)23)15-5-3-2-4-14(13)15/h2-5,11-12H,6-10H2,1H3,(H2,19,23)(H,21,24)/b20-11-. The zero-order chi connectivity index (χ0) is 18.6. The van der Waals surface area contributed by atoms with Crippen molar-refractivity contribution in [2.24, 2.45) is 10.8 Å². The van der Waals surface area contributed by atoms with Gasteiger partial charge in [-0.3, -0.25) is 9.59 Å². The molecule has 2 aromatic rings. The van der Waals surface area contributed by atoms with E-state index in [0.29, 0.717) is 19.8 Å². The summed E-state index contributed by atoms with van der Waals surface area (Å²) in [4.78, 5) is 23.0. The third kappa shape index (κ3) is 4.27. The molecule has 0 aliphatic carbocycles. The highest BCUT2D eigenvalue weighted by Gasteiger charge is 2.33. The third-order valence-corrected chi connectivity index (χ3v) is 4.19. The summed E-state index contributed by atoms with van der Waals surface area (Å²) in [7, 11) is 0. The fourth-order valence-electron chi connectivity index (χ4n) is 2.96. The van der Waals surface area contributed by atoms with Crippen LogP contribution in [0, 0.1) is 0 Å². The van der Waals surface area contributed by atoms with Crippen molar-refractivity contribution in [3.05, 3.63) is 36.0 Å². The van der Waals surface area contributed by atoms with Crippen LogP contribution in [0.2, 0.25) is 0 Å². The number of amides is 2. The van der Waals surface area contributed by atoms with E-state index in [9.17, 15) is 9.59 Å². The highest BCUT2D eigenvalue weighted by atomic mass is 16.7. The minimum Gasteiger partial charge on any atom is -0.370 e. The second kappa shape index (κ2) is 7.67. The molecule has 1 aliphatic heterocycles. The van der Waals surface area contributed by atoms with Gasteiger partial charge in [0.25, 0.3) is 0 Å². The number of aryl methyl sites for hydroxylation is 1. The first kappa shape index (κ1) is 18.1. The van der Waals surface area contributed by atoms with Crippen LogP contribution in [0.5, 0.6) is 0 Å². The van der Waals surface area contributed by atoms with Crippen LogP contribution in [-0.2, 0) is 25.6 Å². The Balaban J connectivity index is 1.68. The van der Waals surface area contributed by atoms with Gasteiger partial charge in [0.15, 0.2) is 5.79 Å². The van der Waals surface area contributed by atoms with E-state index >= 15 is 0 Å². The first-order chi connectivity index (χ1) is 12.5. The average Bonchev–Trinajstić information content (AvgIpc) is 3.17. The molecule has 8 nitrogen and oxygen atoms in total. The number of fused-ring (bicyclic) bond motifs is 1. The van der Waals surface area contributed by atoms with E-state index in [0.717, 1.165) is 16.5 Å². The number of carbonyl (C=O) groups excluding carboxylic acids is 2. The number of nitrogens with zero attached hydrogens (tertiary/aromatic N) is 2. The summed E-state index contributed by atoms with van der Waals surface area (Å²) in [5, 5.41) is 5.01. The summed E-state index contributed by atoms with van der Waals surface area (Å²) in [6.07, 6.45) is 3.79. The number of rotatable bonds is 7. The average molecular weight is 358 g/mol. The Morgan fingerprint density at radius 3 is 2.81 bits per heavy atom. The molecule has 0 spiro atoms. The van der Waals surface area contributed by atoms with Crippen molar-refractivity contribution in [1.82, 2.24) is 9.99 Å². The molecule has 0 atom stereocenters. The summed E-state index contributed by atoms with van der Waals surface area (Å²) in [6, 6.07) is 7.77. The van der Waals surface area contributed by atoms with Crippen LogP contribution in [0.25, 0.3) is 10.9 Å². The molecule has 2 amide bonds. The molecule has 0 radical (unpaired) electrons. The summed E-state index contributed by atoms with van der Waals surface area (Å²) in [5.74, 6) is -1.53. The van der Waals surface area contributed by atoms with Gasteiger partial charge in [0.1, 0.15) is 0 Å². The topological polar surface area (TPSA) is 108 Å². The van der Waals surface area contributed by atoms with Crippen molar-refractivity contribution in [1.29, 1.82) is 0 Å².